The van der Waals surface area contributed by atoms with E-state index >= 15 is 0 Å². The summed E-state index contributed by atoms with van der Waals surface area (Å²) in [4.78, 5) is 0.515. The first-order valence-corrected chi connectivity index (χ1v) is 5.97. The molecule has 14 heavy (non-hydrogen) atoms. The van der Waals surface area contributed by atoms with Gasteiger partial charge < -0.3 is 5.73 Å². The molecule has 0 aromatic carbocycles. The topological polar surface area (TPSA) is 26.0 Å². The Hall–Kier alpha value is 0.410. The van der Waals surface area contributed by atoms with Gasteiger partial charge in [0, 0.05) is 15.4 Å². The zero-order valence-electron chi connectivity index (χ0n) is 6.74. The highest BCUT2D eigenvalue weighted by Gasteiger charge is 2.31. The van der Waals surface area contributed by atoms with Gasteiger partial charge >= 0.3 is 6.18 Å². The van der Waals surface area contributed by atoms with E-state index in [4.69, 9.17) is 5.73 Å². The predicted molar refractivity (Wildman–Crippen MR) is 57.3 cm³/mol. The molecule has 1 atom stereocenters. The molecule has 2 N–H and O–H groups in total. The zero-order valence-corrected chi connectivity index (χ0v) is 10.7. The number of rotatable bonds is 2. The minimum atomic E-state index is -4.22. The quantitative estimate of drug-likeness (QED) is 0.847. The van der Waals surface area contributed by atoms with Crippen LogP contribution in [0.4, 0.5) is 13.2 Å². The zero-order chi connectivity index (χ0) is 10.9. The minimum absolute atomic E-state index is 0.515. The fraction of sp³-hybridized carbons (Fsp3) is 0.429. The van der Waals surface area contributed by atoms with Crippen molar-refractivity contribution in [3.8, 4) is 0 Å². The summed E-state index contributed by atoms with van der Waals surface area (Å²) in [5.41, 5.74) is 5.41. The monoisotopic (exact) mass is 351 g/mol. The highest BCUT2D eigenvalue weighted by Crippen LogP contribution is 2.37. The van der Waals surface area contributed by atoms with Crippen LogP contribution in [0.5, 0.6) is 0 Å². The Morgan fingerprint density at radius 1 is 1.43 bits per heavy atom. The van der Waals surface area contributed by atoms with Crippen molar-refractivity contribution in [1.29, 1.82) is 0 Å². The fourth-order valence-corrected chi connectivity index (χ4v) is 2.99. The second-order valence-electron chi connectivity index (χ2n) is 2.70. The lowest BCUT2D eigenvalue weighted by molar-refractivity contribution is -0.138. The van der Waals surface area contributed by atoms with Gasteiger partial charge in [-0.25, -0.2) is 0 Å². The molecule has 1 rings (SSSR count). The maximum absolute atomic E-state index is 12.0. The molecule has 0 spiro atoms. The molecule has 1 unspecified atom stereocenters. The van der Waals surface area contributed by atoms with Crippen LogP contribution >= 0.6 is 43.2 Å². The number of halogens is 5. The summed E-state index contributed by atoms with van der Waals surface area (Å²) >= 11 is 7.60. The van der Waals surface area contributed by atoms with E-state index < -0.39 is 18.6 Å². The molecular formula is C7H6Br2F3NS. The summed E-state index contributed by atoms with van der Waals surface area (Å²) in [5.74, 6) is 0. The average Bonchev–Trinajstić information content (AvgIpc) is 2.28. The molecule has 0 saturated heterocycles. The van der Waals surface area contributed by atoms with Gasteiger partial charge in [-0.3, -0.25) is 0 Å². The Kier molecular flexibility index (Phi) is 4.02. The third-order valence-electron chi connectivity index (χ3n) is 1.48. The van der Waals surface area contributed by atoms with Gasteiger partial charge in [0.05, 0.1) is 10.2 Å². The van der Waals surface area contributed by atoms with Crippen molar-refractivity contribution >= 4 is 43.2 Å². The maximum atomic E-state index is 12.0. The second-order valence-corrected chi connectivity index (χ2v) is 5.95. The van der Waals surface area contributed by atoms with Crippen LogP contribution in [0.25, 0.3) is 0 Å². The lowest BCUT2D eigenvalue weighted by atomic mass is 10.2. The van der Waals surface area contributed by atoms with E-state index in [0.29, 0.717) is 4.88 Å². The largest absolute Gasteiger partial charge is 0.390 e. The minimum Gasteiger partial charge on any atom is -0.323 e. The van der Waals surface area contributed by atoms with Gasteiger partial charge in [0.25, 0.3) is 0 Å². The smallest absolute Gasteiger partial charge is 0.323 e. The van der Waals surface area contributed by atoms with Crippen molar-refractivity contribution < 1.29 is 13.2 Å². The molecular weight excluding hydrogens is 347 g/mol. The van der Waals surface area contributed by atoms with Crippen molar-refractivity contribution in [3.63, 3.8) is 0 Å². The highest BCUT2D eigenvalue weighted by atomic mass is 79.9. The summed E-state index contributed by atoms with van der Waals surface area (Å²) in [6, 6.07) is 0.619. The SMILES string of the molecule is NC(CC(F)(F)F)c1cc(Br)c(Br)s1. The molecule has 1 heterocycles. The highest BCUT2D eigenvalue weighted by molar-refractivity contribution is 9.13. The van der Waals surface area contributed by atoms with Crippen molar-refractivity contribution in [2.24, 2.45) is 5.73 Å². The van der Waals surface area contributed by atoms with E-state index in [1.807, 2.05) is 0 Å². The molecule has 0 fully saturated rings. The molecule has 0 aliphatic rings. The van der Waals surface area contributed by atoms with Crippen LogP contribution in [0.3, 0.4) is 0 Å². The molecule has 1 aromatic rings. The van der Waals surface area contributed by atoms with Gasteiger partial charge in [-0.15, -0.1) is 11.3 Å². The predicted octanol–water partition coefficient (Wildman–Crippen LogP) is 4.23. The van der Waals surface area contributed by atoms with Gasteiger partial charge in [-0.05, 0) is 37.9 Å². The lowest BCUT2D eigenvalue weighted by Crippen LogP contribution is -2.19. The summed E-state index contributed by atoms with van der Waals surface area (Å²) in [5, 5.41) is 0. The molecule has 1 nitrogen and oxygen atoms in total. The lowest BCUT2D eigenvalue weighted by Gasteiger charge is -2.11. The van der Waals surface area contributed by atoms with Crippen LogP contribution in [-0.2, 0) is 0 Å². The third-order valence-corrected chi connectivity index (χ3v) is 4.87. The molecule has 0 aliphatic heterocycles. The van der Waals surface area contributed by atoms with E-state index in [0.717, 1.165) is 8.26 Å². The molecule has 0 saturated carbocycles. The molecule has 0 bridgehead atoms. The first-order valence-electron chi connectivity index (χ1n) is 3.56. The van der Waals surface area contributed by atoms with E-state index in [1.54, 1.807) is 6.07 Å². The number of hydrogen-bond donors (Lipinski definition) is 1. The second kappa shape index (κ2) is 4.51. The Morgan fingerprint density at radius 3 is 2.36 bits per heavy atom. The van der Waals surface area contributed by atoms with Crippen LogP contribution in [0.2, 0.25) is 0 Å². The Balaban J connectivity index is 2.75. The van der Waals surface area contributed by atoms with E-state index in [9.17, 15) is 13.2 Å². The fourth-order valence-electron chi connectivity index (χ4n) is 0.896. The number of alkyl halides is 3. The third kappa shape index (κ3) is 3.52. The van der Waals surface area contributed by atoms with Crippen LogP contribution in [0.1, 0.15) is 17.3 Å². The molecule has 0 amide bonds. The van der Waals surface area contributed by atoms with Crippen molar-refractivity contribution in [2.45, 2.75) is 18.6 Å². The first-order chi connectivity index (χ1) is 6.29. The van der Waals surface area contributed by atoms with Crippen LogP contribution in [0, 0.1) is 0 Å². The molecule has 1 aromatic heterocycles. The Morgan fingerprint density at radius 2 is 2.00 bits per heavy atom. The van der Waals surface area contributed by atoms with Crippen molar-refractivity contribution in [3.05, 3.63) is 19.2 Å². The molecule has 0 aliphatic carbocycles. The summed E-state index contributed by atoms with van der Waals surface area (Å²) in [6.45, 7) is 0. The summed E-state index contributed by atoms with van der Waals surface area (Å²) in [6.07, 6.45) is -5.21. The first kappa shape index (κ1) is 12.5. The number of thiophene rings is 1. The number of nitrogens with two attached hydrogens (primary N) is 1. The van der Waals surface area contributed by atoms with Gasteiger partial charge in [-0.1, -0.05) is 0 Å². The van der Waals surface area contributed by atoms with E-state index in [-0.39, 0.29) is 0 Å². The molecule has 7 heteroatoms. The molecule has 80 valence electrons. The van der Waals surface area contributed by atoms with Gasteiger partial charge in [0.2, 0.25) is 0 Å². The van der Waals surface area contributed by atoms with Gasteiger partial charge in [0.1, 0.15) is 0 Å². The molecule has 0 radical (unpaired) electrons. The van der Waals surface area contributed by atoms with Crippen molar-refractivity contribution in [1.82, 2.24) is 0 Å². The normalized spacial score (nSPS) is 14.4. The van der Waals surface area contributed by atoms with Crippen LogP contribution in [0.15, 0.2) is 14.3 Å². The Bertz CT molecular complexity index is 304. The Labute approximate surface area is 99.7 Å². The van der Waals surface area contributed by atoms with Crippen LogP contribution in [-0.4, -0.2) is 6.18 Å². The average molecular weight is 353 g/mol. The summed E-state index contributed by atoms with van der Waals surface area (Å²) < 4.78 is 37.5. The van der Waals surface area contributed by atoms with Gasteiger partial charge in [0.15, 0.2) is 0 Å². The van der Waals surface area contributed by atoms with Gasteiger partial charge in [-0.2, -0.15) is 13.2 Å². The van der Waals surface area contributed by atoms with E-state index in [1.165, 1.54) is 11.3 Å². The van der Waals surface area contributed by atoms with E-state index in [2.05, 4.69) is 31.9 Å². The standard InChI is InChI=1S/C7H6Br2F3NS/c8-3-1-5(14-6(3)9)4(13)2-7(10,11)12/h1,4H,2,13H2. The summed E-state index contributed by atoms with van der Waals surface area (Å²) in [7, 11) is 0. The van der Waals surface area contributed by atoms with Crippen LogP contribution < -0.4 is 5.73 Å². The number of hydrogen-bond acceptors (Lipinski definition) is 2. The van der Waals surface area contributed by atoms with Crippen molar-refractivity contribution in [2.75, 3.05) is 0 Å². The maximum Gasteiger partial charge on any atom is 0.390 e.